The molecule has 0 aromatic carbocycles. The van der Waals surface area contributed by atoms with E-state index in [1.54, 1.807) is 0 Å². The van der Waals surface area contributed by atoms with Crippen LogP contribution in [-0.2, 0) is 9.53 Å². The Balaban J connectivity index is 3.46. The molecule has 0 heterocycles. The number of carbonyl (C=O) groups excluding carboxylic acids is 1. The normalized spacial score (nSPS) is 12.2. The fourth-order valence-electron chi connectivity index (χ4n) is 0.416. The van der Waals surface area contributed by atoms with Gasteiger partial charge < -0.3 is 9.84 Å². The van der Waals surface area contributed by atoms with Crippen LogP contribution < -0.4 is 0 Å². The van der Waals surface area contributed by atoms with Gasteiger partial charge in [-0.1, -0.05) is 13.5 Å². The number of ether oxygens (including phenoxy) is 1. The van der Waals surface area contributed by atoms with Crippen molar-refractivity contribution in [2.24, 2.45) is 0 Å². The number of esters is 1. The van der Waals surface area contributed by atoms with Crippen LogP contribution in [0.25, 0.3) is 0 Å². The second-order valence-electron chi connectivity index (χ2n) is 1.74. The van der Waals surface area contributed by atoms with Gasteiger partial charge in [0.05, 0.1) is 0 Å². The highest BCUT2D eigenvalue weighted by atomic mass is 16.6. The largest absolute Gasteiger partial charge is 0.433 e. The molecule has 1 N–H and O–H groups in total. The molecule has 3 heteroatoms. The van der Waals surface area contributed by atoms with Gasteiger partial charge in [0.1, 0.15) is 0 Å². The maximum atomic E-state index is 10.4. The van der Waals surface area contributed by atoms with Gasteiger partial charge in [-0.3, -0.25) is 0 Å². The molecule has 3 nitrogen and oxygen atoms in total. The average molecular weight is 143 g/mol. The first-order valence-corrected chi connectivity index (χ1v) is 3.01. The molecule has 0 amide bonds. The van der Waals surface area contributed by atoms with Crippen LogP contribution in [0.1, 0.15) is 12.8 Å². The molecule has 10 heavy (non-hydrogen) atoms. The van der Waals surface area contributed by atoms with E-state index in [2.05, 4.69) is 18.2 Å². The SMILES string of the molecule is [CH2]CCC(O)OC(=O)C=C. The maximum absolute atomic E-state index is 10.4. The van der Waals surface area contributed by atoms with E-state index in [1.807, 2.05) is 0 Å². The third kappa shape index (κ3) is 4.09. The van der Waals surface area contributed by atoms with Gasteiger partial charge in [0.15, 0.2) is 0 Å². The molecule has 0 aromatic heterocycles. The van der Waals surface area contributed by atoms with Gasteiger partial charge >= 0.3 is 5.97 Å². The smallest absolute Gasteiger partial charge is 0.332 e. The molecule has 0 aliphatic carbocycles. The Labute approximate surface area is 60.3 Å². The van der Waals surface area contributed by atoms with Crippen molar-refractivity contribution in [1.29, 1.82) is 0 Å². The van der Waals surface area contributed by atoms with Crippen LogP contribution in [0.4, 0.5) is 0 Å². The lowest BCUT2D eigenvalue weighted by atomic mass is 10.3. The number of hydrogen-bond acceptors (Lipinski definition) is 3. The molecule has 0 aromatic rings. The molecule has 0 fully saturated rings. The Morgan fingerprint density at radius 2 is 2.40 bits per heavy atom. The Kier molecular flexibility index (Phi) is 4.58. The summed E-state index contributed by atoms with van der Waals surface area (Å²) in [5.74, 6) is -0.610. The van der Waals surface area contributed by atoms with E-state index in [4.69, 9.17) is 5.11 Å². The Morgan fingerprint density at radius 3 is 2.80 bits per heavy atom. The number of aliphatic hydroxyl groups excluding tert-OH is 1. The van der Waals surface area contributed by atoms with Gasteiger partial charge in [0, 0.05) is 12.5 Å². The van der Waals surface area contributed by atoms with Gasteiger partial charge in [-0.05, 0) is 6.42 Å². The molecule has 0 saturated heterocycles. The molecule has 1 atom stereocenters. The van der Waals surface area contributed by atoms with E-state index in [-0.39, 0.29) is 0 Å². The van der Waals surface area contributed by atoms with Crippen LogP contribution in [0.5, 0.6) is 0 Å². The molecule has 1 unspecified atom stereocenters. The van der Waals surface area contributed by atoms with E-state index in [0.717, 1.165) is 6.08 Å². The first-order chi connectivity index (χ1) is 4.70. The number of aliphatic hydroxyl groups is 1. The molecule has 0 aliphatic rings. The van der Waals surface area contributed by atoms with E-state index in [0.29, 0.717) is 12.8 Å². The summed E-state index contributed by atoms with van der Waals surface area (Å²) in [6, 6.07) is 0. The van der Waals surface area contributed by atoms with Gasteiger partial charge in [0.25, 0.3) is 0 Å². The lowest BCUT2D eigenvalue weighted by molar-refractivity contribution is -0.162. The number of hydrogen-bond donors (Lipinski definition) is 1. The fraction of sp³-hybridized carbons (Fsp3) is 0.429. The summed E-state index contributed by atoms with van der Waals surface area (Å²) in [7, 11) is 0. The molecule has 0 aliphatic heterocycles. The highest BCUT2D eigenvalue weighted by Crippen LogP contribution is 1.97. The first-order valence-electron chi connectivity index (χ1n) is 3.01. The van der Waals surface area contributed by atoms with Crippen molar-refractivity contribution in [3.63, 3.8) is 0 Å². The van der Waals surface area contributed by atoms with Crippen molar-refractivity contribution >= 4 is 5.97 Å². The standard InChI is InChI=1S/C7H11O3/c1-3-5-7(9)10-6(8)4-2/h4,7,9H,1-3,5H2. The van der Waals surface area contributed by atoms with Crippen molar-refractivity contribution < 1.29 is 14.6 Å². The van der Waals surface area contributed by atoms with Crippen molar-refractivity contribution in [3.8, 4) is 0 Å². The molecule has 1 radical (unpaired) electrons. The second kappa shape index (κ2) is 4.99. The van der Waals surface area contributed by atoms with Crippen molar-refractivity contribution in [2.45, 2.75) is 19.1 Å². The summed E-state index contributed by atoms with van der Waals surface area (Å²) < 4.78 is 4.40. The molecular formula is C7H11O3. The summed E-state index contributed by atoms with van der Waals surface area (Å²) in [6.07, 6.45) is 0.861. The molecule has 0 bridgehead atoms. The summed E-state index contributed by atoms with van der Waals surface area (Å²) in [4.78, 5) is 10.4. The predicted octanol–water partition coefficient (Wildman–Crippen LogP) is 0.648. The first kappa shape index (κ1) is 9.17. The zero-order valence-corrected chi connectivity index (χ0v) is 5.75. The minimum Gasteiger partial charge on any atom is -0.433 e. The Hall–Kier alpha value is -0.830. The Bertz CT molecular complexity index is 120. The lowest BCUT2D eigenvalue weighted by Gasteiger charge is -2.07. The van der Waals surface area contributed by atoms with Crippen LogP contribution in [0, 0.1) is 6.92 Å². The van der Waals surface area contributed by atoms with Crippen LogP contribution in [0.15, 0.2) is 12.7 Å². The topological polar surface area (TPSA) is 46.5 Å². The minimum atomic E-state index is -1.04. The summed E-state index contributed by atoms with van der Waals surface area (Å²) >= 11 is 0. The van der Waals surface area contributed by atoms with E-state index < -0.39 is 12.3 Å². The van der Waals surface area contributed by atoms with Crippen LogP contribution in [0.2, 0.25) is 0 Å². The highest BCUT2D eigenvalue weighted by molar-refractivity contribution is 5.81. The summed E-state index contributed by atoms with van der Waals surface area (Å²) in [5, 5.41) is 8.82. The number of carbonyl (C=O) groups is 1. The van der Waals surface area contributed by atoms with Crippen LogP contribution in [-0.4, -0.2) is 17.4 Å². The zero-order valence-electron chi connectivity index (χ0n) is 5.75. The zero-order chi connectivity index (χ0) is 7.98. The quantitative estimate of drug-likeness (QED) is 0.357. The van der Waals surface area contributed by atoms with Crippen LogP contribution in [0.3, 0.4) is 0 Å². The third-order valence-electron chi connectivity index (χ3n) is 0.870. The third-order valence-corrected chi connectivity index (χ3v) is 0.870. The van der Waals surface area contributed by atoms with Crippen LogP contribution >= 0.6 is 0 Å². The van der Waals surface area contributed by atoms with Crippen molar-refractivity contribution in [3.05, 3.63) is 19.6 Å². The van der Waals surface area contributed by atoms with E-state index in [9.17, 15) is 4.79 Å². The van der Waals surface area contributed by atoms with Gasteiger partial charge in [-0.2, -0.15) is 0 Å². The maximum Gasteiger partial charge on any atom is 0.332 e. The average Bonchev–Trinajstić information content (AvgIpc) is 1.88. The molecule has 0 rings (SSSR count). The molecule has 0 saturated carbocycles. The van der Waals surface area contributed by atoms with E-state index in [1.165, 1.54) is 0 Å². The molecule has 57 valence electrons. The fourth-order valence-corrected chi connectivity index (χ4v) is 0.416. The number of rotatable bonds is 4. The summed E-state index contributed by atoms with van der Waals surface area (Å²) in [5.41, 5.74) is 0. The highest BCUT2D eigenvalue weighted by Gasteiger charge is 2.05. The second-order valence-corrected chi connectivity index (χ2v) is 1.74. The van der Waals surface area contributed by atoms with E-state index >= 15 is 0 Å². The lowest BCUT2D eigenvalue weighted by Crippen LogP contribution is -2.15. The minimum absolute atomic E-state index is 0.361. The molecular weight excluding hydrogens is 132 g/mol. The Morgan fingerprint density at radius 1 is 1.80 bits per heavy atom. The van der Waals surface area contributed by atoms with Gasteiger partial charge in [0.2, 0.25) is 6.29 Å². The van der Waals surface area contributed by atoms with Gasteiger partial charge in [-0.15, -0.1) is 0 Å². The van der Waals surface area contributed by atoms with Crippen molar-refractivity contribution in [1.82, 2.24) is 0 Å². The monoisotopic (exact) mass is 143 g/mol. The van der Waals surface area contributed by atoms with Gasteiger partial charge in [-0.25, -0.2) is 4.79 Å². The van der Waals surface area contributed by atoms with Crippen molar-refractivity contribution in [2.75, 3.05) is 0 Å². The molecule has 0 spiro atoms. The summed E-state index contributed by atoms with van der Waals surface area (Å²) in [6.45, 7) is 6.65. The predicted molar refractivity (Wildman–Crippen MR) is 36.9 cm³/mol.